The van der Waals surface area contributed by atoms with Gasteiger partial charge in [-0.25, -0.2) is 0 Å². The number of hydrogen-bond donors (Lipinski definition) is 0. The van der Waals surface area contributed by atoms with E-state index in [1.165, 1.54) is 6.39 Å². The zero-order valence-electron chi connectivity index (χ0n) is 3.79. The van der Waals surface area contributed by atoms with Crippen LogP contribution in [0.3, 0.4) is 0 Å². The topological polar surface area (TPSA) is 38.9 Å². The SMILES string of the molecule is [CH2]Cc1nnco1. The highest BCUT2D eigenvalue weighted by Crippen LogP contribution is 1.88. The van der Waals surface area contributed by atoms with Gasteiger partial charge < -0.3 is 4.42 Å². The maximum Gasteiger partial charge on any atom is 0.216 e. The molecule has 0 saturated heterocycles. The summed E-state index contributed by atoms with van der Waals surface area (Å²) in [4.78, 5) is 0. The molecule has 0 aliphatic heterocycles. The highest BCUT2D eigenvalue weighted by Gasteiger charge is 1.88. The molecule has 0 bridgehead atoms. The molecule has 1 aromatic rings. The van der Waals surface area contributed by atoms with Gasteiger partial charge in [0.25, 0.3) is 0 Å². The third-order valence-corrected chi connectivity index (χ3v) is 0.619. The summed E-state index contributed by atoms with van der Waals surface area (Å²) in [7, 11) is 0. The van der Waals surface area contributed by atoms with Crippen molar-refractivity contribution in [1.29, 1.82) is 0 Å². The molecule has 1 rings (SSSR count). The van der Waals surface area contributed by atoms with Crippen molar-refractivity contribution in [3.05, 3.63) is 19.2 Å². The number of rotatable bonds is 1. The first-order valence-electron chi connectivity index (χ1n) is 1.98. The van der Waals surface area contributed by atoms with E-state index >= 15 is 0 Å². The van der Waals surface area contributed by atoms with Crippen molar-refractivity contribution in [3.8, 4) is 0 Å². The minimum absolute atomic E-state index is 0.569. The molecule has 0 spiro atoms. The molecule has 1 aromatic heterocycles. The van der Waals surface area contributed by atoms with Crippen LogP contribution in [0.5, 0.6) is 0 Å². The third-order valence-electron chi connectivity index (χ3n) is 0.619. The van der Waals surface area contributed by atoms with Gasteiger partial charge in [0.05, 0.1) is 0 Å². The molecule has 7 heavy (non-hydrogen) atoms. The van der Waals surface area contributed by atoms with Crippen molar-refractivity contribution in [1.82, 2.24) is 10.2 Å². The molecule has 3 heteroatoms. The summed E-state index contributed by atoms with van der Waals surface area (Å²) < 4.78 is 4.70. The van der Waals surface area contributed by atoms with E-state index in [4.69, 9.17) is 4.42 Å². The second-order valence-corrected chi connectivity index (χ2v) is 1.08. The fourth-order valence-electron chi connectivity index (χ4n) is 0.305. The molecule has 0 amide bonds. The summed E-state index contributed by atoms with van der Waals surface area (Å²) in [5, 5.41) is 6.99. The first-order valence-corrected chi connectivity index (χ1v) is 1.98. The zero-order valence-corrected chi connectivity index (χ0v) is 3.79. The molecular formula is C4H5N2O. The van der Waals surface area contributed by atoms with E-state index in [1.54, 1.807) is 0 Å². The Balaban J connectivity index is 2.76. The summed E-state index contributed by atoms with van der Waals surface area (Å²) in [5.74, 6) is 0.583. The monoisotopic (exact) mass is 97.0 g/mol. The molecule has 1 heterocycles. The largest absolute Gasteiger partial charge is 0.428 e. The molecule has 0 atom stereocenters. The number of hydrogen-bond acceptors (Lipinski definition) is 3. The maximum atomic E-state index is 4.70. The fourth-order valence-corrected chi connectivity index (χ4v) is 0.305. The quantitative estimate of drug-likeness (QED) is 0.510. The molecule has 0 aliphatic carbocycles. The average Bonchev–Trinajstić information content (AvgIpc) is 2.14. The third kappa shape index (κ3) is 0.765. The summed E-state index contributed by atoms with van der Waals surface area (Å²) >= 11 is 0. The van der Waals surface area contributed by atoms with Crippen LogP contribution >= 0.6 is 0 Å². The Hall–Kier alpha value is -0.860. The standard InChI is InChI=1S/C4H5N2O/c1-2-4-6-5-3-7-4/h3H,1-2H2. The Morgan fingerprint density at radius 1 is 1.86 bits per heavy atom. The van der Waals surface area contributed by atoms with E-state index in [-0.39, 0.29) is 0 Å². The van der Waals surface area contributed by atoms with E-state index < -0.39 is 0 Å². The zero-order chi connectivity index (χ0) is 5.11. The first kappa shape index (κ1) is 4.30. The minimum Gasteiger partial charge on any atom is -0.428 e. The van der Waals surface area contributed by atoms with Gasteiger partial charge in [-0.2, -0.15) is 0 Å². The van der Waals surface area contributed by atoms with Gasteiger partial charge >= 0.3 is 0 Å². The minimum atomic E-state index is 0.569. The summed E-state index contributed by atoms with van der Waals surface area (Å²) in [6.45, 7) is 3.53. The van der Waals surface area contributed by atoms with Gasteiger partial charge in [0.1, 0.15) is 0 Å². The molecule has 3 nitrogen and oxygen atoms in total. The van der Waals surface area contributed by atoms with Gasteiger partial charge in [-0.3, -0.25) is 0 Å². The lowest BCUT2D eigenvalue weighted by Gasteiger charge is -1.74. The van der Waals surface area contributed by atoms with Gasteiger partial charge in [-0.15, -0.1) is 10.2 Å². The van der Waals surface area contributed by atoms with Crippen LogP contribution in [0, 0.1) is 6.92 Å². The molecular weight excluding hydrogens is 92.1 g/mol. The van der Waals surface area contributed by atoms with Crippen LogP contribution < -0.4 is 0 Å². The molecule has 0 aromatic carbocycles. The summed E-state index contributed by atoms with van der Waals surface area (Å²) in [5.41, 5.74) is 0. The van der Waals surface area contributed by atoms with E-state index in [0.29, 0.717) is 12.3 Å². The summed E-state index contributed by atoms with van der Waals surface area (Å²) in [6.07, 6.45) is 1.86. The Kier molecular flexibility index (Phi) is 1.06. The second-order valence-electron chi connectivity index (χ2n) is 1.08. The Bertz CT molecular complexity index is 124. The first-order chi connectivity index (χ1) is 3.43. The number of aromatic nitrogens is 2. The lowest BCUT2D eigenvalue weighted by molar-refractivity contribution is 0.506. The van der Waals surface area contributed by atoms with Gasteiger partial charge in [-0.1, -0.05) is 0 Å². The van der Waals surface area contributed by atoms with E-state index in [2.05, 4.69) is 17.1 Å². The van der Waals surface area contributed by atoms with Crippen LogP contribution in [0.4, 0.5) is 0 Å². The van der Waals surface area contributed by atoms with Crippen LogP contribution in [-0.2, 0) is 6.42 Å². The van der Waals surface area contributed by atoms with E-state index in [1.807, 2.05) is 0 Å². The Morgan fingerprint density at radius 3 is 3.00 bits per heavy atom. The Morgan fingerprint density at radius 2 is 2.71 bits per heavy atom. The highest BCUT2D eigenvalue weighted by molar-refractivity contribution is 4.72. The molecule has 1 radical (unpaired) electrons. The van der Waals surface area contributed by atoms with Gasteiger partial charge in [0.2, 0.25) is 12.3 Å². The van der Waals surface area contributed by atoms with Crippen LogP contribution in [-0.4, -0.2) is 10.2 Å². The van der Waals surface area contributed by atoms with Crippen LogP contribution in [0.2, 0.25) is 0 Å². The Labute approximate surface area is 41.4 Å². The van der Waals surface area contributed by atoms with Crippen molar-refractivity contribution in [2.45, 2.75) is 6.42 Å². The predicted molar refractivity (Wildman–Crippen MR) is 23.4 cm³/mol. The van der Waals surface area contributed by atoms with Crippen LogP contribution in [0.25, 0.3) is 0 Å². The van der Waals surface area contributed by atoms with Crippen molar-refractivity contribution in [3.63, 3.8) is 0 Å². The average molecular weight is 97.1 g/mol. The molecule has 0 unspecified atom stereocenters. The lowest BCUT2D eigenvalue weighted by atomic mass is 10.5. The van der Waals surface area contributed by atoms with E-state index in [9.17, 15) is 0 Å². The van der Waals surface area contributed by atoms with Crippen LogP contribution in [0.1, 0.15) is 5.89 Å². The maximum absolute atomic E-state index is 4.70. The summed E-state index contributed by atoms with van der Waals surface area (Å²) in [6, 6.07) is 0. The number of nitrogens with zero attached hydrogens (tertiary/aromatic N) is 2. The molecule has 0 N–H and O–H groups in total. The normalized spacial score (nSPS) is 9.29. The van der Waals surface area contributed by atoms with Crippen LogP contribution in [0.15, 0.2) is 10.8 Å². The van der Waals surface area contributed by atoms with Crippen molar-refractivity contribution in [2.24, 2.45) is 0 Å². The van der Waals surface area contributed by atoms with Gasteiger partial charge in [0.15, 0.2) is 0 Å². The fraction of sp³-hybridized carbons (Fsp3) is 0.250. The highest BCUT2D eigenvalue weighted by atomic mass is 16.4. The van der Waals surface area contributed by atoms with Crippen molar-refractivity contribution >= 4 is 0 Å². The van der Waals surface area contributed by atoms with Crippen molar-refractivity contribution in [2.75, 3.05) is 0 Å². The molecule has 37 valence electrons. The van der Waals surface area contributed by atoms with E-state index in [0.717, 1.165) is 0 Å². The molecule has 0 aliphatic rings. The second kappa shape index (κ2) is 1.73. The predicted octanol–water partition coefficient (Wildman–Crippen LogP) is 0.446. The van der Waals surface area contributed by atoms with Gasteiger partial charge in [0, 0.05) is 6.42 Å². The van der Waals surface area contributed by atoms with Gasteiger partial charge in [-0.05, 0) is 6.92 Å². The molecule has 0 saturated carbocycles. The van der Waals surface area contributed by atoms with Crippen molar-refractivity contribution < 1.29 is 4.42 Å². The lowest BCUT2D eigenvalue weighted by Crippen LogP contribution is -1.76. The smallest absolute Gasteiger partial charge is 0.216 e. The molecule has 0 fully saturated rings.